The Morgan fingerprint density at radius 1 is 1.50 bits per heavy atom. The summed E-state index contributed by atoms with van der Waals surface area (Å²) >= 11 is 0.810. The van der Waals surface area contributed by atoms with Gasteiger partial charge < -0.3 is 15.3 Å². The van der Waals surface area contributed by atoms with E-state index in [2.05, 4.69) is 0 Å². The lowest BCUT2D eigenvalue weighted by Crippen LogP contribution is -2.16. The molecule has 0 aliphatic heterocycles. The molecule has 1 unspecified atom stereocenters. The first-order chi connectivity index (χ1) is 4.70. The van der Waals surface area contributed by atoms with Gasteiger partial charge in [-0.25, -0.2) is 0 Å². The SMILES string of the molecule is O=C(CO)SCC(O)CO. The first kappa shape index (κ1) is 9.90. The second kappa shape index (κ2) is 5.67. The Morgan fingerprint density at radius 3 is 2.50 bits per heavy atom. The molecule has 0 amide bonds. The normalized spacial score (nSPS) is 13.1. The Kier molecular flexibility index (Phi) is 5.61. The van der Waals surface area contributed by atoms with Gasteiger partial charge in [0, 0.05) is 5.75 Å². The minimum absolute atomic E-state index is 0.135. The fourth-order valence-electron chi connectivity index (χ4n) is 0.287. The van der Waals surface area contributed by atoms with E-state index < -0.39 is 17.8 Å². The Balaban J connectivity index is 3.26. The van der Waals surface area contributed by atoms with Crippen LogP contribution >= 0.6 is 11.8 Å². The third-order valence-corrected chi connectivity index (χ3v) is 1.78. The maximum Gasteiger partial charge on any atom is 0.214 e. The highest BCUT2D eigenvalue weighted by Crippen LogP contribution is 2.02. The van der Waals surface area contributed by atoms with Crippen molar-refractivity contribution in [1.29, 1.82) is 0 Å². The van der Waals surface area contributed by atoms with E-state index in [0.29, 0.717) is 0 Å². The van der Waals surface area contributed by atoms with Crippen molar-refractivity contribution in [3.05, 3.63) is 0 Å². The molecule has 0 rings (SSSR count). The van der Waals surface area contributed by atoms with Crippen molar-refractivity contribution in [3.63, 3.8) is 0 Å². The van der Waals surface area contributed by atoms with Crippen LogP contribution in [0.3, 0.4) is 0 Å². The minimum atomic E-state index is -0.875. The fourth-order valence-corrected chi connectivity index (χ4v) is 0.862. The van der Waals surface area contributed by atoms with Crippen LogP contribution in [-0.4, -0.2) is 45.5 Å². The molecule has 0 heterocycles. The van der Waals surface area contributed by atoms with Crippen LogP contribution in [0.5, 0.6) is 0 Å². The van der Waals surface area contributed by atoms with Crippen LogP contribution < -0.4 is 0 Å². The molecule has 0 aliphatic carbocycles. The van der Waals surface area contributed by atoms with Gasteiger partial charge in [-0.05, 0) is 0 Å². The first-order valence-electron chi connectivity index (χ1n) is 2.76. The average molecular weight is 166 g/mol. The summed E-state index contributed by atoms with van der Waals surface area (Å²) in [4.78, 5) is 10.4. The number of thioether (sulfide) groups is 1. The van der Waals surface area contributed by atoms with Gasteiger partial charge in [-0.2, -0.15) is 0 Å². The van der Waals surface area contributed by atoms with E-state index >= 15 is 0 Å². The number of aliphatic hydroxyl groups is 3. The number of rotatable bonds is 4. The van der Waals surface area contributed by atoms with Gasteiger partial charge in [0.15, 0.2) is 0 Å². The maximum atomic E-state index is 10.4. The molecule has 0 saturated carbocycles. The zero-order chi connectivity index (χ0) is 7.98. The molecule has 0 spiro atoms. The third-order valence-electron chi connectivity index (χ3n) is 0.777. The van der Waals surface area contributed by atoms with E-state index in [4.69, 9.17) is 15.3 Å². The van der Waals surface area contributed by atoms with E-state index in [1.807, 2.05) is 0 Å². The van der Waals surface area contributed by atoms with E-state index in [1.54, 1.807) is 0 Å². The van der Waals surface area contributed by atoms with Crippen LogP contribution in [-0.2, 0) is 4.79 Å². The van der Waals surface area contributed by atoms with Crippen LogP contribution in [0.4, 0.5) is 0 Å². The molecule has 0 fully saturated rings. The highest BCUT2D eigenvalue weighted by atomic mass is 32.2. The van der Waals surface area contributed by atoms with E-state index in [-0.39, 0.29) is 12.4 Å². The Morgan fingerprint density at radius 2 is 2.10 bits per heavy atom. The van der Waals surface area contributed by atoms with Gasteiger partial charge in [-0.1, -0.05) is 11.8 Å². The molecule has 0 saturated heterocycles. The summed E-state index contributed by atoms with van der Waals surface area (Å²) in [5.74, 6) is 0.135. The van der Waals surface area contributed by atoms with Gasteiger partial charge in [-0.15, -0.1) is 0 Å². The first-order valence-corrected chi connectivity index (χ1v) is 3.74. The smallest absolute Gasteiger partial charge is 0.214 e. The molecular weight excluding hydrogens is 156 g/mol. The molecule has 0 bridgehead atoms. The topological polar surface area (TPSA) is 77.8 Å². The van der Waals surface area contributed by atoms with Crippen molar-refractivity contribution in [2.24, 2.45) is 0 Å². The van der Waals surface area contributed by atoms with Crippen LogP contribution in [0.2, 0.25) is 0 Å². The van der Waals surface area contributed by atoms with Crippen molar-refractivity contribution in [2.75, 3.05) is 19.0 Å². The zero-order valence-electron chi connectivity index (χ0n) is 5.36. The second-order valence-electron chi connectivity index (χ2n) is 1.68. The summed E-state index contributed by atoms with van der Waals surface area (Å²) in [7, 11) is 0. The van der Waals surface area contributed by atoms with E-state index in [0.717, 1.165) is 11.8 Å². The number of hydrogen-bond acceptors (Lipinski definition) is 5. The molecule has 0 aromatic carbocycles. The fraction of sp³-hybridized carbons (Fsp3) is 0.800. The minimum Gasteiger partial charge on any atom is -0.394 e. The third kappa shape index (κ3) is 4.75. The molecular formula is C5H10O4S. The van der Waals surface area contributed by atoms with E-state index in [9.17, 15) is 4.79 Å². The second-order valence-corrected chi connectivity index (χ2v) is 2.75. The summed E-state index contributed by atoms with van der Waals surface area (Å²) in [6.45, 7) is -0.880. The summed E-state index contributed by atoms with van der Waals surface area (Å²) in [5, 5.41) is 24.8. The van der Waals surface area contributed by atoms with Crippen LogP contribution in [0.25, 0.3) is 0 Å². The summed E-state index contributed by atoms with van der Waals surface area (Å²) in [5.41, 5.74) is 0. The molecule has 1 atom stereocenters. The molecule has 0 aromatic heterocycles. The monoisotopic (exact) mass is 166 g/mol. The predicted molar refractivity (Wildman–Crippen MR) is 37.6 cm³/mol. The highest BCUT2D eigenvalue weighted by molar-refractivity contribution is 8.13. The van der Waals surface area contributed by atoms with Crippen LogP contribution in [0.15, 0.2) is 0 Å². The van der Waals surface area contributed by atoms with Gasteiger partial charge in [0.2, 0.25) is 5.12 Å². The number of hydrogen-bond donors (Lipinski definition) is 3. The lowest BCUT2D eigenvalue weighted by atomic mass is 10.4. The predicted octanol–water partition coefficient (Wildman–Crippen LogP) is -1.41. The molecule has 0 aromatic rings. The maximum absolute atomic E-state index is 10.4. The van der Waals surface area contributed by atoms with Crippen molar-refractivity contribution < 1.29 is 20.1 Å². The molecule has 0 aliphatic rings. The van der Waals surface area contributed by atoms with Gasteiger partial charge >= 0.3 is 0 Å². The van der Waals surface area contributed by atoms with Crippen LogP contribution in [0.1, 0.15) is 0 Å². The van der Waals surface area contributed by atoms with Crippen molar-refractivity contribution in [2.45, 2.75) is 6.10 Å². The molecule has 10 heavy (non-hydrogen) atoms. The van der Waals surface area contributed by atoms with Gasteiger partial charge in [0.05, 0.1) is 12.7 Å². The molecule has 4 nitrogen and oxygen atoms in total. The Hall–Kier alpha value is -0.100. The number of carbonyl (C=O) groups excluding carboxylic acids is 1. The summed E-state index contributed by atoms with van der Waals surface area (Å²) < 4.78 is 0. The largest absolute Gasteiger partial charge is 0.394 e. The lowest BCUT2D eigenvalue weighted by molar-refractivity contribution is -0.113. The van der Waals surface area contributed by atoms with Gasteiger partial charge in [0.1, 0.15) is 6.61 Å². The van der Waals surface area contributed by atoms with E-state index in [1.165, 1.54) is 0 Å². The van der Waals surface area contributed by atoms with Gasteiger partial charge in [-0.3, -0.25) is 4.79 Å². The zero-order valence-corrected chi connectivity index (χ0v) is 6.17. The van der Waals surface area contributed by atoms with Crippen LogP contribution in [0, 0.1) is 0 Å². The van der Waals surface area contributed by atoms with Crippen molar-refractivity contribution in [1.82, 2.24) is 0 Å². The lowest BCUT2D eigenvalue weighted by Gasteiger charge is -2.03. The van der Waals surface area contributed by atoms with Crippen molar-refractivity contribution >= 4 is 16.9 Å². The highest BCUT2D eigenvalue weighted by Gasteiger charge is 2.05. The van der Waals surface area contributed by atoms with Crippen molar-refractivity contribution in [3.8, 4) is 0 Å². The number of aliphatic hydroxyl groups excluding tert-OH is 3. The summed E-state index contributed by atoms with van der Waals surface area (Å²) in [6.07, 6.45) is -0.875. The molecule has 5 heteroatoms. The summed E-state index contributed by atoms with van der Waals surface area (Å²) in [6, 6.07) is 0. The Bertz CT molecular complexity index is 106. The average Bonchev–Trinajstić information content (AvgIpc) is 1.99. The standard InChI is InChI=1S/C5H10O4S/c6-1-4(8)3-10-5(9)2-7/h4,6-8H,1-3H2. The molecule has 3 N–H and O–H groups in total. The number of carbonyl (C=O) groups is 1. The Labute approximate surface area is 62.9 Å². The molecule has 60 valence electrons. The molecule has 0 radical (unpaired) electrons. The quantitative estimate of drug-likeness (QED) is 0.478. The van der Waals surface area contributed by atoms with Gasteiger partial charge in [0.25, 0.3) is 0 Å².